The molecule has 88 valence electrons. The van der Waals surface area contributed by atoms with Crippen molar-refractivity contribution in [2.45, 2.75) is 0 Å². The lowest BCUT2D eigenvalue weighted by atomic mass is 10.2. The maximum atomic E-state index is 11.6. The van der Waals surface area contributed by atoms with Gasteiger partial charge >= 0.3 is 5.97 Å². The molecular weight excluding hydrogens is 244 g/mol. The summed E-state index contributed by atoms with van der Waals surface area (Å²) in [6.07, 6.45) is 1.28. The maximum absolute atomic E-state index is 11.6. The predicted octanol–water partition coefficient (Wildman–Crippen LogP) is 1.02. The molecule has 17 heavy (non-hydrogen) atoms. The van der Waals surface area contributed by atoms with Gasteiger partial charge in [-0.3, -0.25) is 15.6 Å². The van der Waals surface area contributed by atoms with Gasteiger partial charge in [0.25, 0.3) is 5.91 Å². The summed E-state index contributed by atoms with van der Waals surface area (Å²) in [7, 11) is 0. The standard InChI is InChI=1S/C11H9ClN2O3/c12-8-3-1-7(2-4-8)11(16)14-13-9-5-10(15)17-6-9/h1-5,13H,6H2,(H,14,16). The molecule has 1 aromatic rings. The van der Waals surface area contributed by atoms with Crippen molar-refractivity contribution >= 4 is 23.5 Å². The SMILES string of the molecule is O=C1C=C(NNC(=O)c2ccc(Cl)cc2)CO1. The molecule has 2 rings (SSSR count). The average molecular weight is 253 g/mol. The molecule has 1 aliphatic rings. The van der Waals surface area contributed by atoms with Gasteiger partial charge in [0.2, 0.25) is 0 Å². The zero-order chi connectivity index (χ0) is 12.3. The van der Waals surface area contributed by atoms with E-state index in [0.717, 1.165) is 0 Å². The van der Waals surface area contributed by atoms with Crippen LogP contribution < -0.4 is 10.9 Å². The molecular formula is C11H9ClN2O3. The van der Waals surface area contributed by atoms with Crippen LogP contribution in [0.25, 0.3) is 0 Å². The molecule has 0 saturated heterocycles. The van der Waals surface area contributed by atoms with Crippen LogP contribution in [0.3, 0.4) is 0 Å². The first-order chi connectivity index (χ1) is 8.15. The molecule has 0 saturated carbocycles. The summed E-state index contributed by atoms with van der Waals surface area (Å²) in [6, 6.07) is 6.45. The summed E-state index contributed by atoms with van der Waals surface area (Å²) >= 11 is 5.70. The summed E-state index contributed by atoms with van der Waals surface area (Å²) in [4.78, 5) is 22.4. The number of rotatable bonds is 3. The minimum Gasteiger partial charge on any atom is -0.456 e. The zero-order valence-corrected chi connectivity index (χ0v) is 9.45. The van der Waals surface area contributed by atoms with Crippen LogP contribution in [0.2, 0.25) is 5.02 Å². The fourth-order valence-corrected chi connectivity index (χ4v) is 1.38. The van der Waals surface area contributed by atoms with Gasteiger partial charge in [-0.2, -0.15) is 0 Å². The molecule has 5 nitrogen and oxygen atoms in total. The number of benzene rings is 1. The van der Waals surface area contributed by atoms with E-state index < -0.39 is 5.97 Å². The topological polar surface area (TPSA) is 67.4 Å². The normalized spacial score (nSPS) is 13.9. The number of ether oxygens (including phenoxy) is 1. The van der Waals surface area contributed by atoms with Crippen molar-refractivity contribution in [2.24, 2.45) is 0 Å². The number of amides is 1. The Labute approximate surface area is 102 Å². The van der Waals surface area contributed by atoms with Crippen molar-refractivity contribution in [3.8, 4) is 0 Å². The largest absolute Gasteiger partial charge is 0.456 e. The fraction of sp³-hybridized carbons (Fsp3) is 0.0909. The lowest BCUT2D eigenvalue weighted by molar-refractivity contribution is -0.134. The first-order valence-corrected chi connectivity index (χ1v) is 5.22. The third-order valence-corrected chi connectivity index (χ3v) is 2.36. The first kappa shape index (κ1) is 11.5. The summed E-state index contributed by atoms with van der Waals surface area (Å²) in [5.41, 5.74) is 6.03. The van der Waals surface area contributed by atoms with Crippen molar-refractivity contribution in [3.05, 3.63) is 46.6 Å². The maximum Gasteiger partial charge on any atom is 0.333 e. The van der Waals surface area contributed by atoms with Gasteiger partial charge in [-0.25, -0.2) is 4.79 Å². The highest BCUT2D eigenvalue weighted by atomic mass is 35.5. The van der Waals surface area contributed by atoms with Crippen molar-refractivity contribution < 1.29 is 14.3 Å². The van der Waals surface area contributed by atoms with Gasteiger partial charge in [0.1, 0.15) is 6.61 Å². The molecule has 0 atom stereocenters. The van der Waals surface area contributed by atoms with Crippen LogP contribution >= 0.6 is 11.6 Å². The zero-order valence-electron chi connectivity index (χ0n) is 8.70. The van der Waals surface area contributed by atoms with E-state index in [2.05, 4.69) is 15.6 Å². The first-order valence-electron chi connectivity index (χ1n) is 4.84. The van der Waals surface area contributed by atoms with Gasteiger partial charge in [0.15, 0.2) is 0 Å². The van der Waals surface area contributed by atoms with E-state index in [1.165, 1.54) is 6.08 Å². The van der Waals surface area contributed by atoms with E-state index in [-0.39, 0.29) is 12.5 Å². The van der Waals surface area contributed by atoms with Crippen molar-refractivity contribution in [1.82, 2.24) is 10.9 Å². The van der Waals surface area contributed by atoms with Crippen LogP contribution in [-0.4, -0.2) is 18.5 Å². The Morgan fingerprint density at radius 2 is 2.00 bits per heavy atom. The summed E-state index contributed by atoms with van der Waals surface area (Å²) in [5, 5.41) is 0.562. The molecule has 6 heteroatoms. The average Bonchev–Trinajstić information content (AvgIpc) is 2.73. The fourth-order valence-electron chi connectivity index (χ4n) is 1.26. The van der Waals surface area contributed by atoms with Crippen LogP contribution in [-0.2, 0) is 9.53 Å². The molecule has 0 radical (unpaired) electrons. The number of halogens is 1. The number of nitrogens with one attached hydrogen (secondary N) is 2. The van der Waals surface area contributed by atoms with Gasteiger partial charge in [-0.05, 0) is 24.3 Å². The summed E-state index contributed by atoms with van der Waals surface area (Å²) in [6.45, 7) is 0.139. The monoisotopic (exact) mass is 252 g/mol. The lowest BCUT2D eigenvalue weighted by Crippen LogP contribution is -2.37. The van der Waals surface area contributed by atoms with Gasteiger partial charge in [0.05, 0.1) is 5.70 Å². The second-order valence-electron chi connectivity index (χ2n) is 3.36. The van der Waals surface area contributed by atoms with Crippen molar-refractivity contribution in [1.29, 1.82) is 0 Å². The molecule has 1 aromatic carbocycles. The molecule has 0 fully saturated rings. The number of hydrogen-bond donors (Lipinski definition) is 2. The Kier molecular flexibility index (Phi) is 3.30. The Hall–Kier alpha value is -2.01. The molecule has 0 aliphatic carbocycles. The number of esters is 1. The van der Waals surface area contributed by atoms with Crippen LogP contribution in [0.5, 0.6) is 0 Å². The highest BCUT2D eigenvalue weighted by Crippen LogP contribution is 2.09. The minimum atomic E-state index is -0.423. The molecule has 2 N–H and O–H groups in total. The Morgan fingerprint density at radius 1 is 1.29 bits per heavy atom. The third-order valence-electron chi connectivity index (χ3n) is 2.11. The molecule has 1 amide bonds. The van der Waals surface area contributed by atoms with Crippen LogP contribution in [0.1, 0.15) is 10.4 Å². The van der Waals surface area contributed by atoms with Gasteiger partial charge in [-0.1, -0.05) is 11.6 Å². The van der Waals surface area contributed by atoms with Gasteiger partial charge in [-0.15, -0.1) is 0 Å². The molecule has 1 aliphatic heterocycles. The van der Waals surface area contributed by atoms with E-state index in [9.17, 15) is 9.59 Å². The van der Waals surface area contributed by atoms with Crippen molar-refractivity contribution in [2.75, 3.05) is 6.61 Å². The van der Waals surface area contributed by atoms with Gasteiger partial charge < -0.3 is 4.74 Å². The van der Waals surface area contributed by atoms with Crippen LogP contribution in [0.15, 0.2) is 36.0 Å². The Balaban J connectivity index is 1.91. The molecule has 1 heterocycles. The van der Waals surface area contributed by atoms with E-state index in [4.69, 9.17) is 11.6 Å². The highest BCUT2D eigenvalue weighted by Gasteiger charge is 2.13. The van der Waals surface area contributed by atoms with E-state index >= 15 is 0 Å². The Morgan fingerprint density at radius 3 is 2.59 bits per heavy atom. The second-order valence-corrected chi connectivity index (χ2v) is 3.80. The number of hydrazine groups is 1. The third kappa shape index (κ3) is 2.98. The van der Waals surface area contributed by atoms with Crippen LogP contribution in [0.4, 0.5) is 0 Å². The van der Waals surface area contributed by atoms with Crippen LogP contribution in [0, 0.1) is 0 Å². The molecule has 0 spiro atoms. The van der Waals surface area contributed by atoms with E-state index in [1.807, 2.05) is 0 Å². The van der Waals surface area contributed by atoms with Gasteiger partial charge in [0, 0.05) is 16.7 Å². The molecule has 0 unspecified atom stereocenters. The quantitative estimate of drug-likeness (QED) is 0.623. The number of carbonyl (C=O) groups excluding carboxylic acids is 2. The lowest BCUT2D eigenvalue weighted by Gasteiger charge is -2.07. The second kappa shape index (κ2) is 4.88. The smallest absolute Gasteiger partial charge is 0.333 e. The highest BCUT2D eigenvalue weighted by molar-refractivity contribution is 6.30. The van der Waals surface area contributed by atoms with E-state index in [1.54, 1.807) is 24.3 Å². The summed E-state index contributed by atoms with van der Waals surface area (Å²) < 4.78 is 4.66. The minimum absolute atomic E-state index is 0.139. The molecule has 0 aromatic heterocycles. The summed E-state index contributed by atoms with van der Waals surface area (Å²) in [5.74, 6) is -0.741. The number of hydrogen-bond acceptors (Lipinski definition) is 4. The number of carbonyl (C=O) groups is 2. The van der Waals surface area contributed by atoms with Crippen molar-refractivity contribution in [3.63, 3.8) is 0 Å². The predicted molar refractivity (Wildman–Crippen MR) is 61.1 cm³/mol. The Bertz CT molecular complexity index is 482. The molecule has 0 bridgehead atoms. The number of cyclic esters (lactones) is 1. The van der Waals surface area contributed by atoms with E-state index in [0.29, 0.717) is 16.3 Å².